The van der Waals surface area contributed by atoms with E-state index in [0.717, 1.165) is 0 Å². The van der Waals surface area contributed by atoms with Crippen LogP contribution in [0.1, 0.15) is 149 Å². The fourth-order valence-corrected chi connectivity index (χ4v) is 12.5. The van der Waals surface area contributed by atoms with Gasteiger partial charge in [-0.25, -0.2) is 0 Å². The second kappa shape index (κ2) is 29.1. The molecule has 4 saturated heterocycles. The summed E-state index contributed by atoms with van der Waals surface area (Å²) in [5.74, 6) is -8.57. The van der Waals surface area contributed by atoms with Crippen LogP contribution in [0, 0.1) is 59.2 Å². The van der Waals surface area contributed by atoms with E-state index in [1.807, 2.05) is 32.8 Å². The Kier molecular flexibility index (Phi) is 26.1. The molecule has 0 radical (unpaired) electrons. The number of nitrogens with one attached hydrogen (secondary N) is 1. The SMILES string of the molecule is CC[C@H]1OC(=O)[C@H](C)[C@@H](O[C@H]2CC(N(C)C)[C@H](O)C(C)O2)[C@H](C)[C@@H](O)[C@](C)(O)C[C@@H](C)C(=O)[C@H](C)[C@@H](O)[C@H]1C.CC[C@H]1OC(=O)[C@H](C)[C@@H](O[C@H]2CC(NC)[C@H](O)C(C)O2)[C@H](C)[C@@H](O)[C@](C)(O)C[C@@H](C)C(=O)[C@H](C)[C@@H](O)[C@H]1C. The minimum atomic E-state index is -1.69. The van der Waals surface area contributed by atoms with E-state index in [0.29, 0.717) is 25.7 Å². The molecule has 0 spiro atoms. The number of aliphatic hydroxyl groups is 8. The quantitative estimate of drug-likeness (QED) is 0.158. The lowest BCUT2D eigenvalue weighted by atomic mass is 9.75. The zero-order valence-electron chi connectivity index (χ0n) is 49.9. The molecule has 20 heteroatoms. The fraction of sp³-hybridized carbons (Fsp3) is 0.930. The summed E-state index contributed by atoms with van der Waals surface area (Å²) in [4.78, 5) is 55.2. The maximum Gasteiger partial charge on any atom is 0.311 e. The molecule has 450 valence electrons. The molecule has 4 unspecified atom stereocenters. The van der Waals surface area contributed by atoms with Gasteiger partial charge in [-0.05, 0) is 88.4 Å². The van der Waals surface area contributed by atoms with Crippen LogP contribution >= 0.6 is 0 Å². The van der Waals surface area contributed by atoms with Gasteiger partial charge >= 0.3 is 11.9 Å². The van der Waals surface area contributed by atoms with Gasteiger partial charge in [0.1, 0.15) is 23.8 Å². The van der Waals surface area contributed by atoms with Crippen molar-refractivity contribution in [3.8, 4) is 0 Å². The molecule has 0 amide bonds. The zero-order chi connectivity index (χ0) is 59.1. The summed E-state index contributed by atoms with van der Waals surface area (Å²) in [5.41, 5.74) is -3.37. The lowest BCUT2D eigenvalue weighted by molar-refractivity contribution is -0.268. The van der Waals surface area contributed by atoms with Crippen LogP contribution in [-0.4, -0.2) is 200 Å². The first-order valence-corrected chi connectivity index (χ1v) is 28.5. The molecule has 0 bridgehead atoms. The molecule has 4 aliphatic rings. The number of esters is 2. The highest BCUT2D eigenvalue weighted by atomic mass is 16.7. The van der Waals surface area contributed by atoms with Gasteiger partial charge in [0.2, 0.25) is 0 Å². The molecule has 77 heavy (non-hydrogen) atoms. The number of aliphatic hydroxyl groups excluding tert-OH is 6. The number of ketones is 2. The van der Waals surface area contributed by atoms with Crippen LogP contribution in [-0.2, 0) is 47.6 Å². The summed E-state index contributed by atoms with van der Waals surface area (Å²) in [5, 5.41) is 91.5. The van der Waals surface area contributed by atoms with Crippen molar-refractivity contribution in [1.29, 1.82) is 0 Å². The molecular weight excluding hydrogens is 1000 g/mol. The molecule has 0 saturated carbocycles. The molecule has 4 aliphatic heterocycles. The van der Waals surface area contributed by atoms with Crippen molar-refractivity contribution in [1.82, 2.24) is 10.2 Å². The van der Waals surface area contributed by atoms with Crippen molar-refractivity contribution in [3.05, 3.63) is 0 Å². The van der Waals surface area contributed by atoms with E-state index in [1.165, 1.54) is 13.8 Å². The number of carbonyl (C=O) groups excluding carboxylic acids is 4. The zero-order valence-corrected chi connectivity index (χ0v) is 49.9. The number of likely N-dealkylation sites (N-methyl/N-ethyl adjacent to an activating group) is 2. The number of rotatable bonds is 8. The summed E-state index contributed by atoms with van der Waals surface area (Å²) < 4.78 is 36.3. The number of ether oxygens (including phenoxy) is 6. The van der Waals surface area contributed by atoms with Gasteiger partial charge in [-0.15, -0.1) is 0 Å². The number of hydrogen-bond acceptors (Lipinski definition) is 20. The molecule has 4 fully saturated rings. The molecule has 4 heterocycles. The van der Waals surface area contributed by atoms with Gasteiger partial charge in [-0.2, -0.15) is 0 Å². The number of Topliss-reactive ketones (excluding diaryl/α,β-unsaturated/α-hetero) is 2. The maximum atomic E-state index is 13.5. The normalized spacial score (nSPS) is 47.9. The molecule has 0 aromatic heterocycles. The Bertz CT molecular complexity index is 1870. The van der Waals surface area contributed by atoms with Gasteiger partial charge in [0.05, 0.1) is 84.1 Å². The molecule has 0 aromatic carbocycles. The maximum absolute atomic E-state index is 13.5. The minimum absolute atomic E-state index is 0.0304. The van der Waals surface area contributed by atoms with Crippen LogP contribution in [0.5, 0.6) is 0 Å². The summed E-state index contributed by atoms with van der Waals surface area (Å²) >= 11 is 0. The van der Waals surface area contributed by atoms with E-state index in [2.05, 4.69) is 5.32 Å². The van der Waals surface area contributed by atoms with Crippen molar-refractivity contribution in [3.63, 3.8) is 0 Å². The number of carbonyl (C=O) groups is 4. The van der Waals surface area contributed by atoms with E-state index in [4.69, 9.17) is 28.4 Å². The van der Waals surface area contributed by atoms with Crippen molar-refractivity contribution in [2.24, 2.45) is 59.2 Å². The first-order valence-electron chi connectivity index (χ1n) is 28.5. The summed E-state index contributed by atoms with van der Waals surface area (Å²) in [6.07, 6.45) is -10.5. The highest BCUT2D eigenvalue weighted by molar-refractivity contribution is 5.84. The van der Waals surface area contributed by atoms with E-state index in [9.17, 15) is 60.0 Å². The van der Waals surface area contributed by atoms with E-state index in [-0.39, 0.29) is 36.5 Å². The van der Waals surface area contributed by atoms with Crippen LogP contribution in [0.2, 0.25) is 0 Å². The Morgan fingerprint density at radius 1 is 0.545 bits per heavy atom. The number of hydrogen-bond donors (Lipinski definition) is 9. The standard InChI is InChI=1S/C29H53NO9.C28H51NO9/c1-11-21-15(3)24(32)16(4)23(31)14(2)13-29(8,36)27(34)17(5)26(18(6)28(35)38-21)39-22-12-20(30(9)10)25(33)19(7)37-22;1-10-20-14(3)23(31)15(4)22(30)13(2)12-28(8,35)26(33)16(5)25(17(6)27(34)37-20)38-21-11-19(29-9)24(32)18(7)36-21/h14-22,24-27,32-34,36H,11-13H2,1-10H3;13-21,23-26,29,31-33,35H,10-12H2,1-9H3/t14-,15+,16+,17+,18-,19?,20?,21-,22+,24+,25-,26+,27-,29-;13-,14+,15+,16+,17-,18?,19?,20-,21+,23+,24-,25+,26-,28-/m11/s1. The van der Waals surface area contributed by atoms with Crippen LogP contribution in [0.25, 0.3) is 0 Å². The van der Waals surface area contributed by atoms with Crippen LogP contribution < -0.4 is 5.32 Å². The Hall–Kier alpha value is -2.28. The van der Waals surface area contributed by atoms with Crippen LogP contribution in [0.3, 0.4) is 0 Å². The monoisotopic (exact) mass is 1100 g/mol. The largest absolute Gasteiger partial charge is 0.462 e. The van der Waals surface area contributed by atoms with Gasteiger partial charge in [0.25, 0.3) is 0 Å². The topological polar surface area (TPSA) is 301 Å². The predicted molar refractivity (Wildman–Crippen MR) is 286 cm³/mol. The average Bonchev–Trinajstić information content (AvgIpc) is 3.37. The Balaban J connectivity index is 0.000000405. The fourth-order valence-electron chi connectivity index (χ4n) is 12.5. The predicted octanol–water partition coefficient (Wildman–Crippen LogP) is 3.15. The lowest BCUT2D eigenvalue weighted by Gasteiger charge is -2.44. The third kappa shape index (κ3) is 16.9. The summed E-state index contributed by atoms with van der Waals surface area (Å²) in [7, 11) is 5.45. The Labute approximate surface area is 459 Å². The third-order valence-electron chi connectivity index (χ3n) is 18.0. The third-order valence-corrected chi connectivity index (χ3v) is 18.0. The summed E-state index contributed by atoms with van der Waals surface area (Å²) in [6.45, 7) is 27.0. The first-order chi connectivity index (χ1) is 35.5. The molecular formula is C57H104N2O18. The van der Waals surface area contributed by atoms with Gasteiger partial charge in [-0.1, -0.05) is 69.2 Å². The van der Waals surface area contributed by atoms with Crippen molar-refractivity contribution in [2.45, 2.75) is 258 Å². The molecule has 28 atom stereocenters. The molecule has 9 N–H and O–H groups in total. The Morgan fingerprint density at radius 3 is 1.23 bits per heavy atom. The first kappa shape index (κ1) is 69.0. The second-order valence-corrected chi connectivity index (χ2v) is 24.6. The summed E-state index contributed by atoms with van der Waals surface area (Å²) in [6, 6.07) is -0.544. The van der Waals surface area contributed by atoms with Gasteiger partial charge in [-0.3, -0.25) is 19.2 Å². The molecule has 0 aromatic rings. The number of nitrogens with zero attached hydrogens (tertiary/aromatic N) is 1. The second-order valence-electron chi connectivity index (χ2n) is 24.6. The minimum Gasteiger partial charge on any atom is -0.462 e. The van der Waals surface area contributed by atoms with Gasteiger partial charge in [0, 0.05) is 72.3 Å². The van der Waals surface area contributed by atoms with Crippen LogP contribution in [0.15, 0.2) is 0 Å². The van der Waals surface area contributed by atoms with Crippen molar-refractivity contribution < 1.29 is 88.5 Å². The molecule has 4 rings (SSSR count). The Morgan fingerprint density at radius 2 is 0.896 bits per heavy atom. The lowest BCUT2D eigenvalue weighted by Crippen LogP contribution is -2.56. The highest BCUT2D eigenvalue weighted by Crippen LogP contribution is 2.38. The van der Waals surface area contributed by atoms with E-state index in [1.54, 1.807) is 90.1 Å². The average molecular weight is 1110 g/mol. The van der Waals surface area contributed by atoms with Crippen molar-refractivity contribution >= 4 is 23.5 Å². The van der Waals surface area contributed by atoms with E-state index < -0.39 is 168 Å². The molecule has 20 nitrogen and oxygen atoms in total. The molecule has 0 aliphatic carbocycles. The number of cyclic esters (lactones) is 2. The highest BCUT2D eigenvalue weighted by Gasteiger charge is 2.50. The van der Waals surface area contributed by atoms with Gasteiger partial charge in [0.15, 0.2) is 12.6 Å². The van der Waals surface area contributed by atoms with Crippen molar-refractivity contribution in [2.75, 3.05) is 21.1 Å². The smallest absolute Gasteiger partial charge is 0.311 e. The van der Waals surface area contributed by atoms with Crippen LogP contribution in [0.4, 0.5) is 0 Å². The van der Waals surface area contributed by atoms with E-state index >= 15 is 0 Å². The van der Waals surface area contributed by atoms with Gasteiger partial charge < -0.3 is 79.5 Å².